The van der Waals surface area contributed by atoms with Crippen LogP contribution in [0.4, 0.5) is 10.7 Å². The summed E-state index contributed by atoms with van der Waals surface area (Å²) in [5, 5.41) is 0. The van der Waals surface area contributed by atoms with Gasteiger partial charge in [-0.3, -0.25) is 14.3 Å². The molecule has 29 heavy (non-hydrogen) atoms. The average Bonchev–Trinajstić information content (AvgIpc) is 3.24. The van der Waals surface area contributed by atoms with E-state index in [0.29, 0.717) is 30.6 Å². The molecule has 2 saturated heterocycles. The zero-order valence-electron chi connectivity index (χ0n) is 17.3. The number of nitrogens with zero attached hydrogens (tertiary/aromatic N) is 5. The van der Waals surface area contributed by atoms with E-state index in [4.69, 9.17) is 9.72 Å². The highest BCUT2D eigenvalue weighted by Gasteiger charge is 2.45. The van der Waals surface area contributed by atoms with E-state index in [1.807, 2.05) is 32.9 Å². The Kier molecular flexibility index (Phi) is 4.80. The number of anilines is 1. The van der Waals surface area contributed by atoms with Crippen LogP contribution in [0.2, 0.25) is 0 Å². The maximum atomic E-state index is 12.6. The first-order chi connectivity index (χ1) is 13.7. The fraction of sp³-hybridized carbons (Fsp3) is 0.524. The van der Waals surface area contributed by atoms with Crippen molar-refractivity contribution in [2.75, 3.05) is 24.5 Å². The van der Waals surface area contributed by atoms with Crippen molar-refractivity contribution in [3.63, 3.8) is 0 Å². The second kappa shape index (κ2) is 7.17. The molecule has 0 unspecified atom stereocenters. The van der Waals surface area contributed by atoms with Crippen LogP contribution in [0.3, 0.4) is 0 Å². The Morgan fingerprint density at radius 1 is 1.21 bits per heavy atom. The molecular formula is C21H27N5O3. The molecule has 0 saturated carbocycles. The molecule has 0 aliphatic carbocycles. The van der Waals surface area contributed by atoms with E-state index >= 15 is 0 Å². The quantitative estimate of drug-likeness (QED) is 0.774. The van der Waals surface area contributed by atoms with Crippen molar-refractivity contribution >= 4 is 12.0 Å². The first kappa shape index (κ1) is 19.4. The van der Waals surface area contributed by atoms with Gasteiger partial charge in [0.05, 0.1) is 11.7 Å². The van der Waals surface area contributed by atoms with Crippen molar-refractivity contribution in [2.45, 2.75) is 38.8 Å². The van der Waals surface area contributed by atoms with Gasteiger partial charge in [-0.05, 0) is 39.3 Å². The summed E-state index contributed by atoms with van der Waals surface area (Å²) in [4.78, 5) is 37.9. The highest BCUT2D eigenvalue weighted by atomic mass is 16.6. The number of pyridine rings is 1. The number of hydrogen-bond acceptors (Lipinski definition) is 6. The third-order valence-electron chi connectivity index (χ3n) is 5.54. The fourth-order valence-corrected chi connectivity index (χ4v) is 4.14. The predicted octanol–water partition coefficient (Wildman–Crippen LogP) is 2.29. The molecule has 4 heterocycles. The summed E-state index contributed by atoms with van der Waals surface area (Å²) in [6.07, 6.45) is 4.06. The lowest BCUT2D eigenvalue weighted by Crippen LogP contribution is -2.41. The van der Waals surface area contributed by atoms with Crippen LogP contribution in [0.25, 0.3) is 11.3 Å². The first-order valence-electron chi connectivity index (χ1n) is 9.96. The standard InChI is InChI=1S/C21H27N5O3/c1-21(2,3)29-20(28)25-12-15-7-10-26(17(15)13-25)19-23-16(11-18(27)24(19)4)14-5-8-22-9-6-14/h5-6,8-9,11,15,17H,7,10,12-13H2,1-4H3/t15-,17+/m1/s1. The maximum absolute atomic E-state index is 12.6. The summed E-state index contributed by atoms with van der Waals surface area (Å²) in [6.45, 7) is 7.69. The van der Waals surface area contributed by atoms with Crippen LogP contribution < -0.4 is 10.5 Å². The van der Waals surface area contributed by atoms with Crippen molar-refractivity contribution in [1.82, 2.24) is 19.4 Å². The van der Waals surface area contributed by atoms with E-state index in [2.05, 4.69) is 9.88 Å². The van der Waals surface area contributed by atoms with Gasteiger partial charge in [0.2, 0.25) is 5.95 Å². The average molecular weight is 397 g/mol. The molecule has 2 aliphatic rings. The number of carbonyl (C=O) groups is 1. The molecule has 0 N–H and O–H groups in total. The zero-order valence-corrected chi connectivity index (χ0v) is 17.3. The number of carbonyl (C=O) groups excluding carboxylic acids is 1. The molecule has 0 spiro atoms. The molecule has 154 valence electrons. The molecule has 8 nitrogen and oxygen atoms in total. The van der Waals surface area contributed by atoms with Gasteiger partial charge in [0.25, 0.3) is 5.56 Å². The van der Waals surface area contributed by atoms with Crippen molar-refractivity contribution in [3.8, 4) is 11.3 Å². The van der Waals surface area contributed by atoms with Gasteiger partial charge in [0.15, 0.2) is 0 Å². The topological polar surface area (TPSA) is 80.6 Å². The van der Waals surface area contributed by atoms with Crippen LogP contribution in [0.15, 0.2) is 35.4 Å². The Morgan fingerprint density at radius 2 is 1.93 bits per heavy atom. The largest absolute Gasteiger partial charge is 0.444 e. The van der Waals surface area contributed by atoms with Gasteiger partial charge >= 0.3 is 6.09 Å². The van der Waals surface area contributed by atoms with Crippen molar-refractivity contribution in [3.05, 3.63) is 40.9 Å². The Bertz CT molecular complexity index is 967. The molecule has 0 aromatic carbocycles. The maximum Gasteiger partial charge on any atom is 0.410 e. The summed E-state index contributed by atoms with van der Waals surface area (Å²) in [6, 6.07) is 5.37. The molecule has 2 fully saturated rings. The first-order valence-corrected chi connectivity index (χ1v) is 9.96. The van der Waals surface area contributed by atoms with E-state index in [9.17, 15) is 9.59 Å². The number of likely N-dealkylation sites (tertiary alicyclic amines) is 1. The van der Waals surface area contributed by atoms with E-state index < -0.39 is 5.60 Å². The Morgan fingerprint density at radius 3 is 2.62 bits per heavy atom. The number of aromatic nitrogens is 3. The lowest BCUT2D eigenvalue weighted by Gasteiger charge is -2.28. The summed E-state index contributed by atoms with van der Waals surface area (Å²) < 4.78 is 7.13. The molecule has 1 amide bonds. The lowest BCUT2D eigenvalue weighted by molar-refractivity contribution is 0.0284. The number of hydrogen-bond donors (Lipinski definition) is 0. The Labute approximate surface area is 170 Å². The van der Waals surface area contributed by atoms with Crippen molar-refractivity contribution in [2.24, 2.45) is 13.0 Å². The molecule has 2 aromatic rings. The van der Waals surface area contributed by atoms with Gasteiger partial charge in [-0.25, -0.2) is 9.78 Å². The molecule has 0 bridgehead atoms. The predicted molar refractivity (Wildman–Crippen MR) is 110 cm³/mol. The van der Waals surface area contributed by atoms with Crippen LogP contribution in [-0.2, 0) is 11.8 Å². The minimum Gasteiger partial charge on any atom is -0.444 e. The summed E-state index contributed by atoms with van der Waals surface area (Å²) in [5.41, 5.74) is 0.874. The second-order valence-electron chi connectivity index (χ2n) is 8.77. The lowest BCUT2D eigenvalue weighted by atomic mass is 10.1. The van der Waals surface area contributed by atoms with E-state index in [0.717, 1.165) is 18.5 Å². The van der Waals surface area contributed by atoms with Crippen LogP contribution in [0.1, 0.15) is 27.2 Å². The molecule has 2 aromatic heterocycles. The van der Waals surface area contributed by atoms with Crippen molar-refractivity contribution < 1.29 is 9.53 Å². The summed E-state index contributed by atoms with van der Waals surface area (Å²) >= 11 is 0. The second-order valence-corrected chi connectivity index (χ2v) is 8.77. The number of rotatable bonds is 2. The van der Waals surface area contributed by atoms with Gasteiger partial charge in [-0.1, -0.05) is 0 Å². The van der Waals surface area contributed by atoms with Gasteiger partial charge in [0.1, 0.15) is 5.60 Å². The number of ether oxygens (including phenoxy) is 1. The Hall–Kier alpha value is -2.90. The Balaban J connectivity index is 1.60. The number of fused-ring (bicyclic) bond motifs is 1. The highest BCUT2D eigenvalue weighted by molar-refractivity contribution is 5.69. The van der Waals surface area contributed by atoms with Crippen LogP contribution >= 0.6 is 0 Å². The van der Waals surface area contributed by atoms with E-state index in [1.165, 1.54) is 0 Å². The monoisotopic (exact) mass is 397 g/mol. The van der Waals surface area contributed by atoms with Gasteiger partial charge < -0.3 is 14.5 Å². The van der Waals surface area contributed by atoms with Crippen LogP contribution in [0.5, 0.6) is 0 Å². The molecular weight excluding hydrogens is 370 g/mol. The summed E-state index contributed by atoms with van der Waals surface area (Å²) in [7, 11) is 1.74. The van der Waals surface area contributed by atoms with Gasteiger partial charge in [-0.2, -0.15) is 0 Å². The fourth-order valence-electron chi connectivity index (χ4n) is 4.14. The third kappa shape index (κ3) is 3.83. The van der Waals surface area contributed by atoms with Crippen LogP contribution in [0, 0.1) is 5.92 Å². The highest BCUT2D eigenvalue weighted by Crippen LogP contribution is 2.35. The zero-order chi connectivity index (χ0) is 20.8. The van der Waals surface area contributed by atoms with Crippen LogP contribution in [-0.4, -0.2) is 56.8 Å². The minimum absolute atomic E-state index is 0.104. The molecule has 0 radical (unpaired) electrons. The van der Waals surface area contributed by atoms with Gasteiger partial charge in [-0.15, -0.1) is 0 Å². The smallest absolute Gasteiger partial charge is 0.410 e. The molecule has 4 rings (SSSR count). The molecule has 8 heteroatoms. The van der Waals surface area contributed by atoms with Crippen molar-refractivity contribution in [1.29, 1.82) is 0 Å². The molecule has 2 aliphatic heterocycles. The normalized spacial score (nSPS) is 21.4. The minimum atomic E-state index is -0.515. The van der Waals surface area contributed by atoms with Gasteiger partial charge in [0, 0.05) is 56.6 Å². The summed E-state index contributed by atoms with van der Waals surface area (Å²) in [5.74, 6) is 0.992. The number of amides is 1. The van der Waals surface area contributed by atoms with E-state index in [-0.39, 0.29) is 17.7 Å². The molecule has 2 atom stereocenters. The van der Waals surface area contributed by atoms with E-state index in [1.54, 1.807) is 35.0 Å². The SMILES string of the molecule is Cn1c(N2CC[C@@H]3CN(C(=O)OC(C)(C)C)C[C@@H]32)nc(-c2ccncc2)cc1=O. The third-order valence-corrected chi connectivity index (χ3v) is 5.54.